The molecule has 1 unspecified atom stereocenters. The molecule has 2 rings (SSSR count). The smallest absolute Gasteiger partial charge is 0.166 e. The van der Waals surface area contributed by atoms with Crippen molar-refractivity contribution in [2.24, 2.45) is 11.5 Å². The van der Waals surface area contributed by atoms with Crippen LogP contribution in [0.1, 0.15) is 11.6 Å². The van der Waals surface area contributed by atoms with Gasteiger partial charge >= 0.3 is 0 Å². The zero-order valence-electron chi connectivity index (χ0n) is 7.90. The Morgan fingerprint density at radius 2 is 2.07 bits per heavy atom. The van der Waals surface area contributed by atoms with Gasteiger partial charge in [0.15, 0.2) is 11.5 Å². The molecule has 0 bridgehead atoms. The Hall–Kier alpha value is -1.26. The van der Waals surface area contributed by atoms with E-state index in [4.69, 9.17) is 20.9 Å². The minimum atomic E-state index is -0.188. The van der Waals surface area contributed by atoms with Gasteiger partial charge in [-0.15, -0.1) is 0 Å². The molecule has 76 valence electrons. The average Bonchev–Trinajstić information content (AvgIpc) is 2.27. The van der Waals surface area contributed by atoms with Gasteiger partial charge in [0, 0.05) is 18.2 Å². The van der Waals surface area contributed by atoms with Crippen LogP contribution in [0.25, 0.3) is 0 Å². The number of hydrogen-bond acceptors (Lipinski definition) is 4. The van der Waals surface area contributed by atoms with E-state index in [2.05, 4.69) is 0 Å². The lowest BCUT2D eigenvalue weighted by Gasteiger charge is -2.22. The lowest BCUT2D eigenvalue weighted by atomic mass is 10.1. The number of rotatable bonds is 2. The monoisotopic (exact) mass is 194 g/mol. The van der Waals surface area contributed by atoms with Crippen LogP contribution in [0.5, 0.6) is 11.5 Å². The second-order valence-corrected chi connectivity index (χ2v) is 3.21. The molecule has 0 radical (unpaired) electrons. The standard InChI is InChI=1S/C10H14N2O2/c11-6-8(12)7-2-1-3-9-10(7)14-5-4-13-9/h1-3,8H,4-6,11-12H2. The molecular weight excluding hydrogens is 180 g/mol. The summed E-state index contributed by atoms with van der Waals surface area (Å²) in [7, 11) is 0. The Bertz CT molecular complexity index is 328. The van der Waals surface area contributed by atoms with Gasteiger partial charge in [-0.2, -0.15) is 0 Å². The summed E-state index contributed by atoms with van der Waals surface area (Å²) in [5.74, 6) is 1.51. The first-order valence-electron chi connectivity index (χ1n) is 4.67. The van der Waals surface area contributed by atoms with Crippen molar-refractivity contribution >= 4 is 0 Å². The van der Waals surface area contributed by atoms with Crippen molar-refractivity contribution in [3.8, 4) is 11.5 Å². The van der Waals surface area contributed by atoms with Gasteiger partial charge in [0.2, 0.25) is 0 Å². The fourth-order valence-corrected chi connectivity index (χ4v) is 1.52. The topological polar surface area (TPSA) is 70.5 Å². The zero-order chi connectivity index (χ0) is 9.97. The van der Waals surface area contributed by atoms with E-state index in [0.29, 0.717) is 19.8 Å². The van der Waals surface area contributed by atoms with Gasteiger partial charge in [0.05, 0.1) is 0 Å². The Labute approximate surface area is 82.8 Å². The highest BCUT2D eigenvalue weighted by Crippen LogP contribution is 2.35. The van der Waals surface area contributed by atoms with Crippen LogP contribution < -0.4 is 20.9 Å². The largest absolute Gasteiger partial charge is 0.486 e. The van der Waals surface area contributed by atoms with Crippen molar-refractivity contribution in [1.29, 1.82) is 0 Å². The highest BCUT2D eigenvalue weighted by Gasteiger charge is 2.18. The fraction of sp³-hybridized carbons (Fsp3) is 0.400. The lowest BCUT2D eigenvalue weighted by Crippen LogP contribution is -2.24. The predicted molar refractivity (Wildman–Crippen MR) is 53.4 cm³/mol. The molecule has 4 N–H and O–H groups in total. The molecule has 1 aromatic rings. The molecule has 1 atom stereocenters. The van der Waals surface area contributed by atoms with Crippen LogP contribution in [0.3, 0.4) is 0 Å². The van der Waals surface area contributed by atoms with Crippen LogP contribution >= 0.6 is 0 Å². The van der Waals surface area contributed by atoms with Crippen LogP contribution in [0.2, 0.25) is 0 Å². The third-order valence-corrected chi connectivity index (χ3v) is 2.25. The summed E-state index contributed by atoms with van der Waals surface area (Å²) in [5, 5.41) is 0. The molecule has 1 heterocycles. The van der Waals surface area contributed by atoms with Crippen molar-refractivity contribution in [2.75, 3.05) is 19.8 Å². The number of ether oxygens (including phenoxy) is 2. The Morgan fingerprint density at radius 1 is 1.29 bits per heavy atom. The number of benzene rings is 1. The number of hydrogen-bond donors (Lipinski definition) is 2. The molecule has 0 amide bonds. The van der Waals surface area contributed by atoms with Crippen LogP contribution in [-0.2, 0) is 0 Å². The third kappa shape index (κ3) is 1.54. The fourth-order valence-electron chi connectivity index (χ4n) is 1.52. The molecule has 0 aliphatic carbocycles. The molecule has 14 heavy (non-hydrogen) atoms. The molecule has 4 heteroatoms. The maximum Gasteiger partial charge on any atom is 0.166 e. The summed E-state index contributed by atoms with van der Waals surface area (Å²) >= 11 is 0. The molecule has 0 aromatic heterocycles. The SMILES string of the molecule is NCC(N)c1cccc2c1OCCO2. The first kappa shape index (κ1) is 9.30. The summed E-state index contributed by atoms with van der Waals surface area (Å²) in [6, 6.07) is 5.51. The van der Waals surface area contributed by atoms with Gasteiger partial charge in [-0.3, -0.25) is 0 Å². The van der Waals surface area contributed by atoms with E-state index in [-0.39, 0.29) is 6.04 Å². The maximum atomic E-state index is 5.86. The minimum absolute atomic E-state index is 0.188. The van der Waals surface area contributed by atoms with E-state index in [9.17, 15) is 0 Å². The summed E-state index contributed by atoms with van der Waals surface area (Å²) in [6.45, 7) is 1.56. The predicted octanol–water partition coefficient (Wildman–Crippen LogP) is 0.416. The molecule has 1 aromatic carbocycles. The first-order chi connectivity index (χ1) is 6.83. The van der Waals surface area contributed by atoms with Crippen molar-refractivity contribution < 1.29 is 9.47 Å². The summed E-state index contributed by atoms with van der Waals surface area (Å²) in [4.78, 5) is 0. The van der Waals surface area contributed by atoms with E-state index < -0.39 is 0 Å². The van der Waals surface area contributed by atoms with Gasteiger partial charge in [0.1, 0.15) is 13.2 Å². The summed E-state index contributed by atoms with van der Waals surface area (Å²) in [5.41, 5.74) is 12.3. The van der Waals surface area contributed by atoms with E-state index >= 15 is 0 Å². The lowest BCUT2D eigenvalue weighted by molar-refractivity contribution is 0.169. The second kappa shape index (κ2) is 3.86. The number of para-hydroxylation sites is 1. The van der Waals surface area contributed by atoms with E-state index in [1.807, 2.05) is 18.2 Å². The van der Waals surface area contributed by atoms with E-state index in [0.717, 1.165) is 17.1 Å². The molecule has 0 saturated carbocycles. The highest BCUT2D eigenvalue weighted by atomic mass is 16.6. The highest BCUT2D eigenvalue weighted by molar-refractivity contribution is 5.48. The average molecular weight is 194 g/mol. The molecule has 0 spiro atoms. The third-order valence-electron chi connectivity index (χ3n) is 2.25. The minimum Gasteiger partial charge on any atom is -0.486 e. The number of fused-ring (bicyclic) bond motifs is 1. The van der Waals surface area contributed by atoms with E-state index in [1.54, 1.807) is 0 Å². The van der Waals surface area contributed by atoms with E-state index in [1.165, 1.54) is 0 Å². The van der Waals surface area contributed by atoms with Gasteiger partial charge in [0.25, 0.3) is 0 Å². The van der Waals surface area contributed by atoms with Crippen molar-refractivity contribution in [1.82, 2.24) is 0 Å². The molecule has 1 aliphatic rings. The maximum absolute atomic E-state index is 5.86. The van der Waals surface area contributed by atoms with Crippen molar-refractivity contribution in [3.63, 3.8) is 0 Å². The molecule has 0 saturated heterocycles. The Kier molecular flexibility index (Phi) is 2.56. The quantitative estimate of drug-likeness (QED) is 0.715. The van der Waals surface area contributed by atoms with Gasteiger partial charge < -0.3 is 20.9 Å². The van der Waals surface area contributed by atoms with Crippen LogP contribution in [0.15, 0.2) is 18.2 Å². The second-order valence-electron chi connectivity index (χ2n) is 3.21. The summed E-state index contributed by atoms with van der Waals surface area (Å²) in [6.07, 6.45) is 0. The molecule has 1 aliphatic heterocycles. The molecule has 4 nitrogen and oxygen atoms in total. The Morgan fingerprint density at radius 3 is 2.86 bits per heavy atom. The number of nitrogens with two attached hydrogens (primary N) is 2. The molecular formula is C10H14N2O2. The summed E-state index contributed by atoms with van der Waals surface area (Å²) < 4.78 is 11.0. The van der Waals surface area contributed by atoms with Gasteiger partial charge in [-0.25, -0.2) is 0 Å². The van der Waals surface area contributed by atoms with Gasteiger partial charge in [-0.05, 0) is 6.07 Å². The molecule has 0 fully saturated rings. The van der Waals surface area contributed by atoms with Crippen LogP contribution in [-0.4, -0.2) is 19.8 Å². The first-order valence-corrected chi connectivity index (χ1v) is 4.67. The Balaban J connectivity index is 2.39. The van der Waals surface area contributed by atoms with Crippen LogP contribution in [0, 0.1) is 0 Å². The van der Waals surface area contributed by atoms with Crippen LogP contribution in [0.4, 0.5) is 0 Å². The van der Waals surface area contributed by atoms with Crippen molar-refractivity contribution in [2.45, 2.75) is 6.04 Å². The van der Waals surface area contributed by atoms with Gasteiger partial charge in [-0.1, -0.05) is 12.1 Å². The van der Waals surface area contributed by atoms with Crippen molar-refractivity contribution in [3.05, 3.63) is 23.8 Å². The zero-order valence-corrected chi connectivity index (χ0v) is 7.90. The normalized spacial score (nSPS) is 16.4.